The molecular weight excluding hydrogens is 221 g/mol. The Kier molecular flexibility index (Phi) is 2.86. The molecule has 1 aliphatic carbocycles. The molecule has 1 saturated carbocycles. The quantitative estimate of drug-likeness (QED) is 0.869. The molecule has 1 fully saturated rings. The Labute approximate surface area is 92.9 Å². The largest absolute Gasteiger partial charge is 0.492 e. The molecule has 0 amide bonds. The SMILES string of the molecule is NC1CC1COc1cc(Cl)ccc1Cl. The third-order valence-electron chi connectivity index (χ3n) is 2.32. The zero-order chi connectivity index (χ0) is 10.1. The molecule has 0 aliphatic heterocycles. The normalized spacial score (nSPS) is 24.8. The molecule has 1 aliphatic rings. The van der Waals surface area contributed by atoms with E-state index >= 15 is 0 Å². The molecule has 76 valence electrons. The summed E-state index contributed by atoms with van der Waals surface area (Å²) in [5, 5.41) is 1.22. The van der Waals surface area contributed by atoms with Gasteiger partial charge in [0.05, 0.1) is 11.6 Å². The maximum atomic E-state index is 5.92. The molecule has 2 unspecified atom stereocenters. The van der Waals surface area contributed by atoms with Gasteiger partial charge in [0.25, 0.3) is 0 Å². The van der Waals surface area contributed by atoms with E-state index < -0.39 is 0 Å². The van der Waals surface area contributed by atoms with E-state index in [0.29, 0.717) is 34.4 Å². The van der Waals surface area contributed by atoms with Crippen molar-refractivity contribution in [2.45, 2.75) is 12.5 Å². The lowest BCUT2D eigenvalue weighted by molar-refractivity contribution is 0.297. The molecule has 0 spiro atoms. The van der Waals surface area contributed by atoms with Gasteiger partial charge < -0.3 is 10.5 Å². The Bertz CT molecular complexity index is 343. The number of hydrogen-bond donors (Lipinski definition) is 1. The Morgan fingerprint density at radius 1 is 1.43 bits per heavy atom. The summed E-state index contributed by atoms with van der Waals surface area (Å²) in [6.45, 7) is 0.626. The zero-order valence-electron chi connectivity index (χ0n) is 7.54. The highest BCUT2D eigenvalue weighted by Gasteiger charge is 2.34. The monoisotopic (exact) mass is 231 g/mol. The lowest BCUT2D eigenvalue weighted by Crippen LogP contribution is -2.08. The summed E-state index contributed by atoms with van der Waals surface area (Å²) >= 11 is 11.7. The van der Waals surface area contributed by atoms with Crippen molar-refractivity contribution < 1.29 is 4.74 Å². The number of halogens is 2. The van der Waals surface area contributed by atoms with E-state index in [0.717, 1.165) is 6.42 Å². The highest BCUT2D eigenvalue weighted by molar-refractivity contribution is 6.34. The number of benzene rings is 1. The molecular formula is C10H11Cl2NO. The van der Waals surface area contributed by atoms with Crippen LogP contribution < -0.4 is 10.5 Å². The fourth-order valence-corrected chi connectivity index (χ4v) is 1.58. The standard InChI is InChI=1S/C10H11Cl2NO/c11-7-1-2-8(12)10(4-7)14-5-6-3-9(6)13/h1-2,4,6,9H,3,5,13H2. The van der Waals surface area contributed by atoms with E-state index in [-0.39, 0.29) is 0 Å². The summed E-state index contributed by atoms with van der Waals surface area (Å²) < 4.78 is 5.52. The van der Waals surface area contributed by atoms with Gasteiger partial charge in [-0.05, 0) is 18.6 Å². The van der Waals surface area contributed by atoms with Gasteiger partial charge in [0, 0.05) is 23.0 Å². The second-order valence-electron chi connectivity index (χ2n) is 3.55. The van der Waals surface area contributed by atoms with Crippen LogP contribution in [-0.2, 0) is 0 Å². The van der Waals surface area contributed by atoms with Gasteiger partial charge in [-0.1, -0.05) is 23.2 Å². The molecule has 0 heterocycles. The average molecular weight is 232 g/mol. The minimum atomic E-state index is 0.299. The van der Waals surface area contributed by atoms with Gasteiger partial charge in [0.15, 0.2) is 0 Å². The van der Waals surface area contributed by atoms with Crippen molar-refractivity contribution in [3.05, 3.63) is 28.2 Å². The van der Waals surface area contributed by atoms with Crippen molar-refractivity contribution in [1.29, 1.82) is 0 Å². The maximum Gasteiger partial charge on any atom is 0.139 e. The topological polar surface area (TPSA) is 35.2 Å². The predicted octanol–water partition coefficient (Wildman–Crippen LogP) is 2.72. The minimum absolute atomic E-state index is 0.299. The van der Waals surface area contributed by atoms with Crippen LogP contribution in [0.4, 0.5) is 0 Å². The predicted molar refractivity (Wildman–Crippen MR) is 58.0 cm³/mol. The first-order chi connectivity index (χ1) is 6.66. The van der Waals surface area contributed by atoms with Gasteiger partial charge in [-0.15, -0.1) is 0 Å². The molecule has 4 heteroatoms. The fraction of sp³-hybridized carbons (Fsp3) is 0.400. The van der Waals surface area contributed by atoms with Crippen LogP contribution >= 0.6 is 23.2 Å². The number of ether oxygens (including phenoxy) is 1. The first-order valence-corrected chi connectivity index (χ1v) is 5.26. The van der Waals surface area contributed by atoms with Crippen LogP contribution in [-0.4, -0.2) is 12.6 Å². The summed E-state index contributed by atoms with van der Waals surface area (Å²) in [6.07, 6.45) is 1.04. The maximum absolute atomic E-state index is 5.92. The summed E-state index contributed by atoms with van der Waals surface area (Å²) in [7, 11) is 0. The van der Waals surface area contributed by atoms with Crippen LogP contribution in [0.3, 0.4) is 0 Å². The van der Waals surface area contributed by atoms with Crippen LogP contribution in [0.5, 0.6) is 5.75 Å². The van der Waals surface area contributed by atoms with Crippen LogP contribution in [0.2, 0.25) is 10.0 Å². The molecule has 1 aromatic carbocycles. The molecule has 0 aromatic heterocycles. The molecule has 0 saturated heterocycles. The lowest BCUT2D eigenvalue weighted by Gasteiger charge is -2.07. The number of hydrogen-bond acceptors (Lipinski definition) is 2. The van der Waals surface area contributed by atoms with Crippen molar-refractivity contribution in [2.24, 2.45) is 11.7 Å². The van der Waals surface area contributed by atoms with Crippen molar-refractivity contribution in [3.63, 3.8) is 0 Å². The van der Waals surface area contributed by atoms with Gasteiger partial charge in [0.2, 0.25) is 0 Å². The summed E-state index contributed by atoms with van der Waals surface area (Å²) in [4.78, 5) is 0. The molecule has 2 nitrogen and oxygen atoms in total. The van der Waals surface area contributed by atoms with Crippen molar-refractivity contribution >= 4 is 23.2 Å². The van der Waals surface area contributed by atoms with E-state index in [1.54, 1.807) is 18.2 Å². The Hall–Kier alpha value is -0.440. The van der Waals surface area contributed by atoms with Gasteiger partial charge in [-0.3, -0.25) is 0 Å². The highest BCUT2D eigenvalue weighted by Crippen LogP contribution is 2.32. The van der Waals surface area contributed by atoms with Crippen LogP contribution in [0.1, 0.15) is 6.42 Å². The first-order valence-electron chi connectivity index (χ1n) is 4.50. The summed E-state index contributed by atoms with van der Waals surface area (Å²) in [5.74, 6) is 1.11. The fourth-order valence-electron chi connectivity index (χ4n) is 1.25. The summed E-state index contributed by atoms with van der Waals surface area (Å²) in [6, 6.07) is 5.48. The van der Waals surface area contributed by atoms with Crippen molar-refractivity contribution in [3.8, 4) is 5.75 Å². The number of rotatable bonds is 3. The van der Waals surface area contributed by atoms with Gasteiger partial charge >= 0.3 is 0 Å². The van der Waals surface area contributed by atoms with Gasteiger partial charge in [-0.25, -0.2) is 0 Å². The lowest BCUT2D eigenvalue weighted by atomic mass is 10.3. The third-order valence-corrected chi connectivity index (χ3v) is 2.87. The van der Waals surface area contributed by atoms with Crippen molar-refractivity contribution in [2.75, 3.05) is 6.61 Å². The number of nitrogens with two attached hydrogens (primary N) is 1. The van der Waals surface area contributed by atoms with Crippen LogP contribution in [0.25, 0.3) is 0 Å². The Morgan fingerprint density at radius 2 is 2.14 bits per heavy atom. The average Bonchev–Trinajstić information content (AvgIpc) is 2.84. The minimum Gasteiger partial charge on any atom is -0.492 e. The van der Waals surface area contributed by atoms with E-state index in [2.05, 4.69) is 0 Å². The second-order valence-corrected chi connectivity index (χ2v) is 4.39. The molecule has 2 atom stereocenters. The smallest absolute Gasteiger partial charge is 0.139 e. The van der Waals surface area contributed by atoms with Crippen LogP contribution in [0, 0.1) is 5.92 Å². The van der Waals surface area contributed by atoms with E-state index in [1.807, 2.05) is 0 Å². The zero-order valence-corrected chi connectivity index (χ0v) is 9.05. The van der Waals surface area contributed by atoms with Crippen LogP contribution in [0.15, 0.2) is 18.2 Å². The Balaban J connectivity index is 1.97. The van der Waals surface area contributed by atoms with E-state index in [4.69, 9.17) is 33.7 Å². The Morgan fingerprint density at radius 3 is 2.79 bits per heavy atom. The van der Waals surface area contributed by atoms with Gasteiger partial charge in [-0.2, -0.15) is 0 Å². The molecule has 0 radical (unpaired) electrons. The summed E-state index contributed by atoms with van der Waals surface area (Å²) in [5.41, 5.74) is 5.66. The molecule has 1 aromatic rings. The molecule has 2 rings (SSSR count). The molecule has 14 heavy (non-hydrogen) atoms. The van der Waals surface area contributed by atoms with E-state index in [9.17, 15) is 0 Å². The third kappa shape index (κ3) is 2.32. The molecule has 0 bridgehead atoms. The molecule has 2 N–H and O–H groups in total. The highest BCUT2D eigenvalue weighted by atomic mass is 35.5. The second kappa shape index (κ2) is 3.97. The van der Waals surface area contributed by atoms with E-state index in [1.165, 1.54) is 0 Å². The van der Waals surface area contributed by atoms with Crippen molar-refractivity contribution in [1.82, 2.24) is 0 Å². The first kappa shape index (κ1) is 10.1. The van der Waals surface area contributed by atoms with Gasteiger partial charge in [0.1, 0.15) is 5.75 Å².